The number of hydrogen-bond acceptors (Lipinski definition) is 3. The summed E-state index contributed by atoms with van der Waals surface area (Å²) in [6.07, 6.45) is 9.25. The predicted octanol–water partition coefficient (Wildman–Crippen LogP) is 3.70. The molecule has 0 aromatic heterocycles. The van der Waals surface area contributed by atoms with Crippen LogP contribution < -0.4 is 15.5 Å². The van der Waals surface area contributed by atoms with Gasteiger partial charge in [0.15, 0.2) is 0 Å². The van der Waals surface area contributed by atoms with Gasteiger partial charge in [0, 0.05) is 29.9 Å². The highest BCUT2D eigenvalue weighted by Crippen LogP contribution is 2.55. The SMILES string of the molecule is C[C@@H](Nc1ccc(N2CCCC2=O)cc1)C(=O)NC12CC3CC(CC(C3)C1)C2. The molecule has 5 fully saturated rings. The van der Waals surface area contributed by atoms with Crippen molar-refractivity contribution in [3.8, 4) is 0 Å². The molecule has 5 nitrogen and oxygen atoms in total. The maximum absolute atomic E-state index is 12.9. The van der Waals surface area contributed by atoms with Crippen molar-refractivity contribution in [1.82, 2.24) is 5.32 Å². The normalized spacial score (nSPS) is 34.5. The fourth-order valence-corrected chi connectivity index (χ4v) is 6.61. The lowest BCUT2D eigenvalue weighted by Crippen LogP contribution is -2.61. The molecule has 1 atom stereocenters. The predicted molar refractivity (Wildman–Crippen MR) is 110 cm³/mol. The van der Waals surface area contributed by atoms with Crippen LogP contribution in [-0.2, 0) is 9.59 Å². The van der Waals surface area contributed by atoms with E-state index in [1.165, 1.54) is 38.5 Å². The van der Waals surface area contributed by atoms with Crippen LogP contribution in [0.2, 0.25) is 0 Å². The summed E-state index contributed by atoms with van der Waals surface area (Å²) in [7, 11) is 0. The van der Waals surface area contributed by atoms with Crippen LogP contribution in [0, 0.1) is 17.8 Å². The molecule has 2 N–H and O–H groups in total. The molecule has 4 aliphatic carbocycles. The third-order valence-electron chi connectivity index (χ3n) is 7.46. The summed E-state index contributed by atoms with van der Waals surface area (Å²) in [5.74, 6) is 2.80. The number of carbonyl (C=O) groups excluding carboxylic acids is 2. The Morgan fingerprint density at radius 3 is 2.21 bits per heavy atom. The monoisotopic (exact) mass is 381 g/mol. The fourth-order valence-electron chi connectivity index (χ4n) is 6.61. The van der Waals surface area contributed by atoms with E-state index >= 15 is 0 Å². The molecule has 5 aliphatic rings. The minimum Gasteiger partial charge on any atom is -0.374 e. The van der Waals surface area contributed by atoms with Crippen molar-refractivity contribution in [2.24, 2.45) is 17.8 Å². The Balaban J connectivity index is 1.20. The van der Waals surface area contributed by atoms with Crippen LogP contribution in [0.3, 0.4) is 0 Å². The molecular formula is C23H31N3O2. The quantitative estimate of drug-likeness (QED) is 0.818. The Hall–Kier alpha value is -2.04. The Morgan fingerprint density at radius 1 is 1.07 bits per heavy atom. The van der Waals surface area contributed by atoms with Crippen molar-refractivity contribution < 1.29 is 9.59 Å². The second-order valence-electron chi connectivity index (χ2n) is 9.75. The second-order valence-corrected chi connectivity index (χ2v) is 9.75. The van der Waals surface area contributed by atoms with Crippen LogP contribution in [0.1, 0.15) is 58.3 Å². The van der Waals surface area contributed by atoms with Crippen molar-refractivity contribution in [3.63, 3.8) is 0 Å². The smallest absolute Gasteiger partial charge is 0.242 e. The Labute approximate surface area is 167 Å². The number of nitrogens with one attached hydrogen (secondary N) is 2. The molecule has 1 saturated heterocycles. The number of rotatable bonds is 5. The maximum atomic E-state index is 12.9. The van der Waals surface area contributed by atoms with Crippen molar-refractivity contribution in [1.29, 1.82) is 0 Å². The van der Waals surface area contributed by atoms with Gasteiger partial charge in [-0.05, 0) is 93.9 Å². The number of carbonyl (C=O) groups is 2. The highest BCUT2D eigenvalue weighted by atomic mass is 16.2. The third-order valence-corrected chi connectivity index (χ3v) is 7.46. The summed E-state index contributed by atoms with van der Waals surface area (Å²) >= 11 is 0. The molecule has 1 aliphatic heterocycles. The van der Waals surface area contributed by atoms with Crippen molar-refractivity contribution in [3.05, 3.63) is 24.3 Å². The molecule has 0 radical (unpaired) electrons. The maximum Gasteiger partial charge on any atom is 0.242 e. The summed E-state index contributed by atoms with van der Waals surface area (Å²) in [6.45, 7) is 2.74. The Morgan fingerprint density at radius 2 is 1.68 bits per heavy atom. The fraction of sp³-hybridized carbons (Fsp3) is 0.652. The zero-order valence-electron chi connectivity index (χ0n) is 16.7. The van der Waals surface area contributed by atoms with E-state index in [0.717, 1.165) is 42.1 Å². The molecule has 0 spiro atoms. The Bertz CT molecular complexity index is 737. The molecule has 1 aromatic rings. The van der Waals surface area contributed by atoms with E-state index in [-0.39, 0.29) is 23.4 Å². The zero-order valence-corrected chi connectivity index (χ0v) is 16.7. The van der Waals surface area contributed by atoms with Gasteiger partial charge in [-0.2, -0.15) is 0 Å². The van der Waals surface area contributed by atoms with Gasteiger partial charge in [0.25, 0.3) is 0 Å². The molecule has 1 heterocycles. The molecule has 28 heavy (non-hydrogen) atoms. The first-order chi connectivity index (χ1) is 13.5. The van der Waals surface area contributed by atoms with E-state index in [1.54, 1.807) is 0 Å². The van der Waals surface area contributed by atoms with Crippen molar-refractivity contribution in [2.75, 3.05) is 16.8 Å². The van der Waals surface area contributed by atoms with Gasteiger partial charge < -0.3 is 15.5 Å². The molecule has 6 rings (SSSR count). The molecule has 4 saturated carbocycles. The van der Waals surface area contributed by atoms with Gasteiger partial charge in [0.2, 0.25) is 11.8 Å². The number of amides is 2. The summed E-state index contributed by atoms with van der Waals surface area (Å²) < 4.78 is 0. The number of nitrogens with zero attached hydrogens (tertiary/aromatic N) is 1. The lowest BCUT2D eigenvalue weighted by molar-refractivity contribution is -0.127. The van der Waals surface area contributed by atoms with E-state index in [2.05, 4.69) is 10.6 Å². The highest BCUT2D eigenvalue weighted by molar-refractivity contribution is 5.95. The molecule has 4 bridgehead atoms. The highest BCUT2D eigenvalue weighted by Gasteiger charge is 2.51. The topological polar surface area (TPSA) is 61.4 Å². The minimum absolute atomic E-state index is 0.0573. The van der Waals surface area contributed by atoms with Gasteiger partial charge in [0.1, 0.15) is 6.04 Å². The summed E-state index contributed by atoms with van der Waals surface area (Å²) in [5, 5.41) is 6.79. The van der Waals surface area contributed by atoms with Crippen molar-refractivity contribution in [2.45, 2.75) is 69.9 Å². The average molecular weight is 382 g/mol. The number of hydrogen-bond donors (Lipinski definition) is 2. The third kappa shape index (κ3) is 3.29. The summed E-state index contributed by atoms with van der Waals surface area (Å²) in [4.78, 5) is 26.7. The van der Waals surface area contributed by atoms with E-state index in [9.17, 15) is 9.59 Å². The molecular weight excluding hydrogens is 350 g/mol. The first-order valence-electron chi connectivity index (χ1n) is 11.0. The van der Waals surface area contributed by atoms with Gasteiger partial charge in [-0.3, -0.25) is 9.59 Å². The van der Waals surface area contributed by atoms with E-state index in [1.807, 2.05) is 36.1 Å². The standard InChI is InChI=1S/C23H31N3O2/c1-15(24-19-4-6-20(7-5-19)26-8-2-3-21(26)27)22(28)25-23-12-16-9-17(13-23)11-18(10-16)14-23/h4-7,15-18,24H,2-3,8-14H2,1H3,(H,25,28)/t15-,16?,17?,18?,23?/m1/s1. The largest absolute Gasteiger partial charge is 0.374 e. The average Bonchev–Trinajstić information content (AvgIpc) is 3.07. The molecule has 1 aromatic carbocycles. The van der Waals surface area contributed by atoms with Crippen LogP contribution in [0.15, 0.2) is 24.3 Å². The van der Waals surface area contributed by atoms with Crippen LogP contribution in [-0.4, -0.2) is 29.9 Å². The molecule has 5 heteroatoms. The van der Waals surface area contributed by atoms with Crippen molar-refractivity contribution >= 4 is 23.2 Å². The lowest BCUT2D eigenvalue weighted by atomic mass is 9.53. The first kappa shape index (κ1) is 18.0. The first-order valence-corrected chi connectivity index (χ1v) is 11.0. The summed E-state index contributed by atoms with van der Waals surface area (Å²) in [5.41, 5.74) is 1.92. The van der Waals surface area contributed by atoms with Crippen LogP contribution >= 0.6 is 0 Å². The molecule has 0 unspecified atom stereocenters. The van der Waals surface area contributed by atoms with Crippen LogP contribution in [0.4, 0.5) is 11.4 Å². The Kier molecular flexibility index (Phi) is 4.37. The molecule has 2 amide bonds. The lowest BCUT2D eigenvalue weighted by Gasteiger charge is -2.57. The van der Waals surface area contributed by atoms with Gasteiger partial charge in [-0.15, -0.1) is 0 Å². The minimum atomic E-state index is -0.271. The zero-order chi connectivity index (χ0) is 19.3. The van der Waals surface area contributed by atoms with Gasteiger partial charge in [-0.1, -0.05) is 0 Å². The second kappa shape index (κ2) is 6.78. The van der Waals surface area contributed by atoms with Crippen LogP contribution in [0.5, 0.6) is 0 Å². The molecule has 150 valence electrons. The number of benzene rings is 1. The van der Waals surface area contributed by atoms with Crippen LogP contribution in [0.25, 0.3) is 0 Å². The van der Waals surface area contributed by atoms with Gasteiger partial charge in [0.05, 0.1) is 0 Å². The van der Waals surface area contributed by atoms with E-state index < -0.39 is 0 Å². The summed E-state index contributed by atoms with van der Waals surface area (Å²) in [6, 6.07) is 7.60. The van der Waals surface area contributed by atoms with E-state index in [4.69, 9.17) is 0 Å². The van der Waals surface area contributed by atoms with Gasteiger partial charge >= 0.3 is 0 Å². The number of anilines is 2. The van der Waals surface area contributed by atoms with Gasteiger partial charge in [-0.25, -0.2) is 0 Å². The van der Waals surface area contributed by atoms with E-state index in [0.29, 0.717) is 6.42 Å².